The van der Waals surface area contributed by atoms with E-state index in [-0.39, 0.29) is 7.43 Å². The highest BCUT2D eigenvalue weighted by molar-refractivity contribution is 4.21. The molecule has 0 aliphatic rings. The quantitative estimate of drug-likeness (QED) is 0.309. The van der Waals surface area contributed by atoms with Crippen LogP contribution in [0.15, 0.2) is 5.34 Å². The average Bonchev–Trinajstić information content (AvgIpc) is 0.918. The third kappa shape index (κ3) is 0.622. The van der Waals surface area contributed by atoms with Gasteiger partial charge in [-0.3, -0.25) is 0 Å². The minimum Gasteiger partial charge on any atom is -0.444 e. The fraction of sp³-hybridized carbons (Fsp3) is 1.00. The van der Waals surface area contributed by atoms with E-state index in [1.807, 2.05) is 0 Å². The molecule has 0 aromatic rings. The van der Waals surface area contributed by atoms with Crippen LogP contribution >= 0.6 is 0 Å². The van der Waals surface area contributed by atoms with E-state index in [1.165, 1.54) is 0 Å². The van der Waals surface area contributed by atoms with Gasteiger partial charge < -0.3 is 10.1 Å². The molecule has 26 valence electrons. The fourth-order valence-corrected chi connectivity index (χ4v) is 0. The first kappa shape index (κ1) is 9.99. The molecule has 0 saturated heterocycles. The zero-order valence-electron chi connectivity index (χ0n) is 1.26. The van der Waals surface area contributed by atoms with E-state index in [2.05, 4.69) is 0 Å². The van der Waals surface area contributed by atoms with Crippen molar-refractivity contribution in [2.45, 2.75) is 7.43 Å². The van der Waals surface area contributed by atoms with Crippen molar-refractivity contribution >= 4 is 0 Å². The molecule has 0 fully saturated rings. The van der Waals surface area contributed by atoms with E-state index in [1.54, 1.807) is 0 Å². The Kier molecular flexibility index (Phi) is 73.4. The van der Waals surface area contributed by atoms with Crippen LogP contribution in [0, 0.1) is 10.1 Å². The second-order valence-corrected chi connectivity index (χ2v) is 0.0745. The number of hydrogen-bond acceptors (Lipinski definition) is 3. The maximum Gasteiger partial charge on any atom is -0.0776 e. The Morgan fingerprint density at radius 3 is 1.75 bits per heavy atom. The highest BCUT2D eigenvalue weighted by Gasteiger charge is 0.958. The molecule has 0 saturated carbocycles. The molecular weight excluding hydrogens is 58.0 g/mol. The Labute approximate surface area is 24.2 Å². The molecule has 0 amide bonds. The van der Waals surface area contributed by atoms with Gasteiger partial charge in [0.2, 0.25) is 0 Å². The number of nitrogens with zero attached hydrogens (tertiary/aromatic N) is 1. The minimum absolute atomic E-state index is 0. The van der Waals surface area contributed by atoms with Gasteiger partial charge in [-0.2, -0.15) is 0 Å². The molecule has 0 heterocycles. The molecule has 0 unspecified atom stereocenters. The molecule has 0 aliphatic heterocycles. The molecule has 0 radical (unpaired) electrons. The van der Waals surface area contributed by atoms with Crippen LogP contribution in [0.1, 0.15) is 7.43 Å². The maximum absolute atomic E-state index is 8.00. The maximum atomic E-state index is 8.00. The third-order valence-electron chi connectivity index (χ3n) is 0. The van der Waals surface area contributed by atoms with Crippen LogP contribution in [-0.2, 0) is 0 Å². The van der Waals surface area contributed by atoms with Crippen LogP contribution in [0.3, 0.4) is 0 Å². The summed E-state index contributed by atoms with van der Waals surface area (Å²) in [6.07, 6.45) is 0. The largest absolute Gasteiger partial charge is 0.444 e. The van der Waals surface area contributed by atoms with Gasteiger partial charge in [0.15, 0.2) is 0 Å². The molecule has 0 aromatic carbocycles. The van der Waals surface area contributed by atoms with Crippen molar-refractivity contribution in [3.8, 4) is 0 Å². The normalized spacial score (nSPS) is 3.00. The number of rotatable bonds is 0. The molecule has 0 spiro atoms. The molecule has 0 aliphatic carbocycles. The lowest BCUT2D eigenvalue weighted by Crippen LogP contribution is -1.12. The van der Waals surface area contributed by atoms with Crippen LogP contribution in [0.2, 0.25) is 0 Å². The van der Waals surface area contributed by atoms with Crippen LogP contribution in [-0.4, -0.2) is 0 Å². The molecule has 0 atom stereocenters. The van der Waals surface area contributed by atoms with Gasteiger partial charge in [0, 0.05) is 0 Å². The lowest BCUT2D eigenvalue weighted by atomic mass is 12.0. The highest BCUT2D eigenvalue weighted by atomic mass is 16.6. The zero-order valence-corrected chi connectivity index (χ0v) is 1.26. The summed E-state index contributed by atoms with van der Waals surface area (Å²) in [4.78, 5) is 8.00. The summed E-state index contributed by atoms with van der Waals surface area (Å²) in [6.45, 7) is 0. The lowest BCUT2D eigenvalue weighted by Gasteiger charge is -1.51. The minimum atomic E-state index is 0. The summed E-state index contributed by atoms with van der Waals surface area (Å²) in [5.74, 6) is 0. The second kappa shape index (κ2) is 29.4. The monoisotopic (exact) mass is 62.0 g/mol. The summed E-state index contributed by atoms with van der Waals surface area (Å²) >= 11 is 0. The van der Waals surface area contributed by atoms with E-state index in [9.17, 15) is 0 Å². The Hall–Kier alpha value is -0.600. The smallest absolute Gasteiger partial charge is 0.0776 e. The standard InChI is InChI=1S/CH4.HNO2/c;2-1-3/h1H4;(H,2,3)/p-1. The van der Waals surface area contributed by atoms with Crippen LogP contribution in [0.25, 0.3) is 0 Å². The predicted molar refractivity (Wildman–Crippen MR) is 15.9 cm³/mol. The van der Waals surface area contributed by atoms with Crippen molar-refractivity contribution in [1.82, 2.24) is 0 Å². The number of hydrogen-bond donors (Lipinski definition) is 0. The van der Waals surface area contributed by atoms with Crippen LogP contribution in [0.4, 0.5) is 0 Å². The van der Waals surface area contributed by atoms with Gasteiger partial charge in [0.25, 0.3) is 0 Å². The van der Waals surface area contributed by atoms with E-state index in [4.69, 9.17) is 10.1 Å². The summed E-state index contributed by atoms with van der Waals surface area (Å²) in [5.41, 5.74) is 0. The van der Waals surface area contributed by atoms with Crippen LogP contribution < -0.4 is 0 Å². The molecule has 3 heteroatoms. The van der Waals surface area contributed by atoms with Gasteiger partial charge in [0.05, 0.1) is 0 Å². The van der Waals surface area contributed by atoms with Gasteiger partial charge in [-0.1, -0.05) is 7.43 Å². The Balaban J connectivity index is 0. The van der Waals surface area contributed by atoms with Gasteiger partial charge >= 0.3 is 0 Å². The summed E-state index contributed by atoms with van der Waals surface area (Å²) in [5, 5.41) is 9.00. The molecule has 0 rings (SSSR count). The first-order valence-corrected chi connectivity index (χ1v) is 0.365. The fourth-order valence-electron chi connectivity index (χ4n) is 0. The third-order valence-corrected chi connectivity index (χ3v) is 0. The molecule has 0 aromatic heterocycles. The SMILES string of the molecule is C.O=N[O-]. The molecule has 0 bridgehead atoms. The first-order chi connectivity index (χ1) is 1.41. The Morgan fingerprint density at radius 2 is 1.75 bits per heavy atom. The molecule has 0 N–H and O–H groups in total. The summed E-state index contributed by atoms with van der Waals surface area (Å²) in [6, 6.07) is 0. The lowest BCUT2D eigenvalue weighted by molar-refractivity contribution is 1.59. The molecule has 3 nitrogen and oxygen atoms in total. The Morgan fingerprint density at radius 1 is 1.75 bits per heavy atom. The van der Waals surface area contributed by atoms with Gasteiger partial charge in [0.1, 0.15) is 0 Å². The van der Waals surface area contributed by atoms with Crippen molar-refractivity contribution in [1.29, 1.82) is 0 Å². The van der Waals surface area contributed by atoms with E-state index in [0.29, 0.717) is 0 Å². The van der Waals surface area contributed by atoms with E-state index < -0.39 is 0 Å². The highest BCUT2D eigenvalue weighted by Crippen LogP contribution is 1.34. The van der Waals surface area contributed by atoms with Crippen molar-refractivity contribution in [3.63, 3.8) is 0 Å². The van der Waals surface area contributed by atoms with E-state index in [0.717, 1.165) is 5.34 Å². The topological polar surface area (TPSA) is 52.5 Å². The van der Waals surface area contributed by atoms with Gasteiger partial charge in [-0.05, 0) is 0 Å². The average molecular weight is 62.0 g/mol. The molecule has 4 heavy (non-hydrogen) atoms. The van der Waals surface area contributed by atoms with E-state index >= 15 is 0 Å². The van der Waals surface area contributed by atoms with Crippen molar-refractivity contribution < 1.29 is 0 Å². The van der Waals surface area contributed by atoms with Gasteiger partial charge in [-0.25, -0.2) is 0 Å². The van der Waals surface area contributed by atoms with Crippen molar-refractivity contribution in [3.05, 3.63) is 10.1 Å². The van der Waals surface area contributed by atoms with Gasteiger partial charge in [-0.15, -0.1) is 5.34 Å². The predicted octanol–water partition coefficient (Wildman–Crippen LogP) is 0.887. The Bertz CT molecular complexity index is 13.5. The van der Waals surface area contributed by atoms with Crippen LogP contribution in [0.5, 0.6) is 0 Å². The second-order valence-electron chi connectivity index (χ2n) is 0.0745. The summed E-state index contributed by atoms with van der Waals surface area (Å²) < 4.78 is 0. The van der Waals surface area contributed by atoms with Crippen molar-refractivity contribution in [2.24, 2.45) is 5.34 Å². The first-order valence-electron chi connectivity index (χ1n) is 0.365. The summed E-state index contributed by atoms with van der Waals surface area (Å²) in [7, 11) is 0. The molecular formula is CH4NO2-. The zero-order chi connectivity index (χ0) is 2.71. The van der Waals surface area contributed by atoms with Crippen molar-refractivity contribution in [2.75, 3.05) is 0 Å².